The van der Waals surface area contributed by atoms with Crippen LogP contribution in [0.4, 0.5) is 8.78 Å². The van der Waals surface area contributed by atoms with Crippen LogP contribution >= 0.6 is 0 Å². The van der Waals surface area contributed by atoms with Crippen LogP contribution in [0.25, 0.3) is 0 Å². The lowest BCUT2D eigenvalue weighted by molar-refractivity contribution is 0.565. The second kappa shape index (κ2) is 4.59. The van der Waals surface area contributed by atoms with Gasteiger partial charge in [-0.2, -0.15) is 0 Å². The summed E-state index contributed by atoms with van der Waals surface area (Å²) in [5.74, 6) is -0.978. The van der Waals surface area contributed by atoms with Gasteiger partial charge in [0, 0.05) is 11.8 Å². The van der Waals surface area contributed by atoms with E-state index in [1.807, 2.05) is 6.92 Å². The Hall–Kier alpha value is -1.81. The fourth-order valence-corrected chi connectivity index (χ4v) is 1.68. The van der Waals surface area contributed by atoms with Crippen molar-refractivity contribution in [1.82, 2.24) is 4.98 Å². The van der Waals surface area contributed by atoms with Gasteiger partial charge in [-0.05, 0) is 25.1 Å². The highest BCUT2D eigenvalue weighted by Crippen LogP contribution is 2.23. The van der Waals surface area contributed by atoms with Gasteiger partial charge in [-0.25, -0.2) is 8.78 Å². The predicted octanol–water partition coefficient (Wildman–Crippen LogP) is 2.72. The van der Waals surface area contributed by atoms with E-state index in [9.17, 15) is 8.78 Å². The van der Waals surface area contributed by atoms with Crippen molar-refractivity contribution in [3.8, 4) is 0 Å². The summed E-state index contributed by atoms with van der Waals surface area (Å²) in [5, 5.41) is 0. The maximum Gasteiger partial charge on any atom is 0.146 e. The van der Waals surface area contributed by atoms with Crippen LogP contribution in [0.3, 0.4) is 0 Å². The minimum absolute atomic E-state index is 0.0528. The van der Waals surface area contributed by atoms with Crippen LogP contribution in [0.1, 0.15) is 22.9 Å². The van der Waals surface area contributed by atoms with E-state index in [1.165, 1.54) is 24.4 Å². The summed E-state index contributed by atoms with van der Waals surface area (Å²) >= 11 is 0. The number of rotatable bonds is 2. The molecule has 0 aliphatic heterocycles. The van der Waals surface area contributed by atoms with Gasteiger partial charge in [0.15, 0.2) is 0 Å². The van der Waals surface area contributed by atoms with Gasteiger partial charge >= 0.3 is 0 Å². The van der Waals surface area contributed by atoms with Crippen LogP contribution in [-0.4, -0.2) is 4.98 Å². The lowest BCUT2D eigenvalue weighted by Crippen LogP contribution is -2.17. The van der Waals surface area contributed by atoms with E-state index in [-0.39, 0.29) is 11.3 Å². The van der Waals surface area contributed by atoms with E-state index in [0.717, 1.165) is 5.56 Å². The predicted molar refractivity (Wildman–Crippen MR) is 61.4 cm³/mol. The Morgan fingerprint density at radius 2 is 1.94 bits per heavy atom. The molecule has 0 aliphatic carbocycles. The van der Waals surface area contributed by atoms with Crippen LogP contribution in [0.15, 0.2) is 36.5 Å². The van der Waals surface area contributed by atoms with E-state index in [0.29, 0.717) is 0 Å². The number of nitrogens with two attached hydrogens (primary N) is 1. The standard InChI is InChI=1S/C13H12F2N2/c1-8-4-5-10(14)9(7-8)12(16)13-11(15)3-2-6-17-13/h2-7,12H,16H2,1H3. The Balaban J connectivity index is 2.47. The summed E-state index contributed by atoms with van der Waals surface area (Å²) in [4.78, 5) is 3.86. The molecule has 2 aromatic rings. The molecule has 4 heteroatoms. The number of halogens is 2. The normalized spacial score (nSPS) is 12.5. The van der Waals surface area contributed by atoms with Crippen LogP contribution in [0.2, 0.25) is 0 Å². The highest BCUT2D eigenvalue weighted by molar-refractivity contribution is 5.32. The molecule has 0 amide bonds. The Labute approximate surface area is 98.1 Å². The van der Waals surface area contributed by atoms with Crippen molar-refractivity contribution in [1.29, 1.82) is 0 Å². The van der Waals surface area contributed by atoms with Crippen molar-refractivity contribution >= 4 is 0 Å². The molecule has 0 spiro atoms. The fourth-order valence-electron chi connectivity index (χ4n) is 1.68. The lowest BCUT2D eigenvalue weighted by Gasteiger charge is -2.13. The molecule has 2 rings (SSSR count). The summed E-state index contributed by atoms with van der Waals surface area (Å²) in [6.45, 7) is 1.82. The van der Waals surface area contributed by atoms with Crippen molar-refractivity contribution in [2.75, 3.05) is 0 Å². The molecule has 0 saturated carbocycles. The molecule has 0 radical (unpaired) electrons. The number of pyridine rings is 1. The maximum atomic E-state index is 13.6. The van der Waals surface area contributed by atoms with Gasteiger partial charge in [0.2, 0.25) is 0 Å². The van der Waals surface area contributed by atoms with Gasteiger partial charge in [-0.1, -0.05) is 17.7 Å². The first-order chi connectivity index (χ1) is 8.09. The Morgan fingerprint density at radius 1 is 1.18 bits per heavy atom. The SMILES string of the molecule is Cc1ccc(F)c(C(N)c2ncccc2F)c1. The summed E-state index contributed by atoms with van der Waals surface area (Å²) in [6.07, 6.45) is 1.44. The summed E-state index contributed by atoms with van der Waals surface area (Å²) in [7, 11) is 0. The molecule has 1 unspecified atom stereocenters. The number of aromatic nitrogens is 1. The van der Waals surface area contributed by atoms with Gasteiger partial charge in [-0.15, -0.1) is 0 Å². The smallest absolute Gasteiger partial charge is 0.146 e. The largest absolute Gasteiger partial charge is 0.319 e. The molecule has 0 bridgehead atoms. The van der Waals surface area contributed by atoms with E-state index in [1.54, 1.807) is 12.1 Å². The molecular formula is C13H12F2N2. The van der Waals surface area contributed by atoms with Crippen molar-refractivity contribution in [3.63, 3.8) is 0 Å². The number of aryl methyl sites for hydroxylation is 1. The van der Waals surface area contributed by atoms with E-state index >= 15 is 0 Å². The molecule has 17 heavy (non-hydrogen) atoms. The molecular weight excluding hydrogens is 222 g/mol. The van der Waals surface area contributed by atoms with Crippen molar-refractivity contribution in [3.05, 3.63) is 65.0 Å². The van der Waals surface area contributed by atoms with E-state index in [4.69, 9.17) is 5.73 Å². The number of hydrogen-bond donors (Lipinski definition) is 1. The second-order valence-electron chi connectivity index (χ2n) is 3.87. The van der Waals surface area contributed by atoms with Gasteiger partial charge < -0.3 is 5.73 Å². The molecule has 1 heterocycles. The van der Waals surface area contributed by atoms with Gasteiger partial charge in [0.25, 0.3) is 0 Å². The second-order valence-corrected chi connectivity index (χ2v) is 3.87. The first-order valence-electron chi connectivity index (χ1n) is 5.21. The zero-order valence-electron chi connectivity index (χ0n) is 9.32. The summed E-state index contributed by atoms with van der Waals surface area (Å²) in [5.41, 5.74) is 7.02. The van der Waals surface area contributed by atoms with Crippen LogP contribution in [0, 0.1) is 18.6 Å². The zero-order valence-corrected chi connectivity index (χ0v) is 9.32. The van der Waals surface area contributed by atoms with E-state index < -0.39 is 17.7 Å². The van der Waals surface area contributed by atoms with Crippen LogP contribution in [0.5, 0.6) is 0 Å². The molecule has 0 fully saturated rings. The summed E-state index contributed by atoms with van der Waals surface area (Å²) in [6, 6.07) is 6.41. The van der Waals surface area contributed by atoms with Crippen molar-refractivity contribution < 1.29 is 8.78 Å². The van der Waals surface area contributed by atoms with Crippen LogP contribution in [-0.2, 0) is 0 Å². The third-order valence-corrected chi connectivity index (χ3v) is 2.57. The average molecular weight is 234 g/mol. The molecule has 88 valence electrons. The van der Waals surface area contributed by atoms with Crippen molar-refractivity contribution in [2.45, 2.75) is 13.0 Å². The number of nitrogens with zero attached hydrogens (tertiary/aromatic N) is 1. The molecule has 2 N–H and O–H groups in total. The molecule has 1 aromatic heterocycles. The average Bonchev–Trinajstić information content (AvgIpc) is 2.32. The Bertz CT molecular complexity index is 541. The van der Waals surface area contributed by atoms with E-state index in [2.05, 4.69) is 4.98 Å². The molecule has 0 aliphatic rings. The first kappa shape index (κ1) is 11.7. The minimum Gasteiger partial charge on any atom is -0.319 e. The fraction of sp³-hybridized carbons (Fsp3) is 0.154. The monoisotopic (exact) mass is 234 g/mol. The molecule has 1 atom stereocenters. The molecule has 0 saturated heterocycles. The maximum absolute atomic E-state index is 13.6. The van der Waals surface area contributed by atoms with Crippen molar-refractivity contribution in [2.24, 2.45) is 5.73 Å². The van der Waals surface area contributed by atoms with Crippen LogP contribution < -0.4 is 5.73 Å². The Kier molecular flexibility index (Phi) is 3.15. The zero-order chi connectivity index (χ0) is 12.4. The topological polar surface area (TPSA) is 38.9 Å². The molecule has 1 aromatic carbocycles. The number of hydrogen-bond acceptors (Lipinski definition) is 2. The summed E-state index contributed by atoms with van der Waals surface area (Å²) < 4.78 is 27.1. The third kappa shape index (κ3) is 2.31. The lowest BCUT2D eigenvalue weighted by atomic mass is 10.0. The minimum atomic E-state index is -0.892. The Morgan fingerprint density at radius 3 is 2.65 bits per heavy atom. The number of benzene rings is 1. The van der Waals surface area contributed by atoms with Gasteiger partial charge in [-0.3, -0.25) is 4.98 Å². The van der Waals surface area contributed by atoms with Gasteiger partial charge in [0.1, 0.15) is 11.6 Å². The highest BCUT2D eigenvalue weighted by atomic mass is 19.1. The first-order valence-corrected chi connectivity index (χ1v) is 5.21. The van der Waals surface area contributed by atoms with Gasteiger partial charge in [0.05, 0.1) is 11.7 Å². The quantitative estimate of drug-likeness (QED) is 0.867. The highest BCUT2D eigenvalue weighted by Gasteiger charge is 2.18. The molecule has 2 nitrogen and oxygen atoms in total. The third-order valence-electron chi connectivity index (χ3n) is 2.57.